The molecule has 23 heavy (non-hydrogen) atoms. The zero-order chi connectivity index (χ0) is 16.2. The van der Waals surface area contributed by atoms with Gasteiger partial charge in [0.1, 0.15) is 11.5 Å². The van der Waals surface area contributed by atoms with Gasteiger partial charge in [0.05, 0.1) is 5.02 Å². The number of hydrogen-bond acceptors (Lipinski definition) is 2. The first-order valence-corrected chi connectivity index (χ1v) is 9.49. The number of rotatable bonds is 1. The van der Waals surface area contributed by atoms with Crippen molar-refractivity contribution >= 4 is 17.4 Å². The van der Waals surface area contributed by atoms with E-state index in [0.29, 0.717) is 28.6 Å². The molecule has 124 valence electrons. The van der Waals surface area contributed by atoms with Crippen LogP contribution in [0.25, 0.3) is 0 Å². The van der Waals surface area contributed by atoms with Gasteiger partial charge in [-0.25, -0.2) is 0 Å². The molecule has 0 saturated heterocycles. The third-order valence-corrected chi connectivity index (χ3v) is 7.41. The van der Waals surface area contributed by atoms with Crippen LogP contribution in [0.1, 0.15) is 68.9 Å². The predicted molar refractivity (Wildman–Crippen MR) is 92.0 cm³/mol. The van der Waals surface area contributed by atoms with Crippen molar-refractivity contribution in [1.29, 1.82) is 0 Å². The van der Waals surface area contributed by atoms with E-state index in [1.165, 1.54) is 17.5 Å². The smallest absolute Gasteiger partial charge is 0.139 e. The summed E-state index contributed by atoms with van der Waals surface area (Å²) >= 11 is 6.19. The summed E-state index contributed by atoms with van der Waals surface area (Å²) in [4.78, 5) is 12.7. The van der Waals surface area contributed by atoms with Crippen molar-refractivity contribution in [3.05, 3.63) is 28.3 Å². The van der Waals surface area contributed by atoms with E-state index in [9.17, 15) is 9.90 Å². The van der Waals surface area contributed by atoms with Crippen LogP contribution in [0.5, 0.6) is 5.75 Å². The topological polar surface area (TPSA) is 37.3 Å². The molecule has 4 rings (SSSR count). The predicted octanol–water partition coefficient (Wildman–Crippen LogP) is 5.25. The van der Waals surface area contributed by atoms with Gasteiger partial charge in [-0.1, -0.05) is 18.5 Å². The molecule has 0 radical (unpaired) electrons. The number of phenolic OH excluding ortho intramolecular Hbond substituents is 1. The fourth-order valence-electron chi connectivity index (χ4n) is 6.00. The first-order chi connectivity index (χ1) is 11.1. The Hall–Kier alpha value is -1.02. The average molecular weight is 333 g/mol. The number of Topliss-reactive ketones (excluding diaryl/α,β-unsaturated/α-hetero) is 1. The lowest BCUT2D eigenvalue weighted by molar-refractivity contribution is -0.142. The van der Waals surface area contributed by atoms with Crippen LogP contribution in [0.15, 0.2) is 12.1 Å². The Balaban J connectivity index is 1.74. The molecule has 0 heterocycles. The second kappa shape index (κ2) is 5.51. The molecular weight excluding hydrogens is 308 g/mol. The molecule has 1 aromatic rings. The monoisotopic (exact) mass is 332 g/mol. The zero-order valence-electron chi connectivity index (χ0n) is 13.8. The Kier molecular flexibility index (Phi) is 3.72. The molecule has 3 aliphatic carbocycles. The lowest BCUT2D eigenvalue weighted by Crippen LogP contribution is -2.50. The van der Waals surface area contributed by atoms with Gasteiger partial charge >= 0.3 is 0 Å². The number of aromatic hydroxyl groups is 1. The lowest BCUT2D eigenvalue weighted by Gasteiger charge is -2.54. The summed E-state index contributed by atoms with van der Waals surface area (Å²) in [7, 11) is 0. The second-order valence-corrected chi connectivity index (χ2v) is 8.19. The number of hydrogen-bond donors (Lipinski definition) is 1. The van der Waals surface area contributed by atoms with Gasteiger partial charge in [-0.05, 0) is 86.0 Å². The molecule has 3 aliphatic rings. The normalized spacial score (nSPS) is 36.1. The highest BCUT2D eigenvalue weighted by Crippen LogP contribution is 2.60. The summed E-state index contributed by atoms with van der Waals surface area (Å²) in [5.74, 6) is 2.42. The van der Waals surface area contributed by atoms with Gasteiger partial charge in [0.2, 0.25) is 0 Å². The number of phenols is 1. The summed E-state index contributed by atoms with van der Waals surface area (Å²) < 4.78 is 0. The molecule has 1 aromatic carbocycles. The van der Waals surface area contributed by atoms with Crippen LogP contribution in [0.2, 0.25) is 5.02 Å². The van der Waals surface area contributed by atoms with E-state index >= 15 is 0 Å². The standard InChI is InChI=1S/C20H25ClO2/c1-2-20-9-8-13-14(16(20)4-3-5-19(20)23)7-6-12-10-18(22)17(21)11-15(12)13/h10-11,13-14,16,22H,2-9H2,1H3/t13-,14+,16-,20-/m0/s1. The molecule has 0 aromatic heterocycles. The van der Waals surface area contributed by atoms with Crippen molar-refractivity contribution in [2.24, 2.45) is 17.3 Å². The minimum Gasteiger partial charge on any atom is -0.506 e. The Morgan fingerprint density at radius 2 is 2.09 bits per heavy atom. The van der Waals surface area contributed by atoms with Crippen molar-refractivity contribution in [3.63, 3.8) is 0 Å². The highest BCUT2D eigenvalue weighted by atomic mass is 35.5. The van der Waals surface area contributed by atoms with Crippen LogP contribution in [0, 0.1) is 17.3 Å². The molecule has 0 amide bonds. The third kappa shape index (κ3) is 2.17. The number of aryl methyl sites for hydroxylation is 1. The maximum atomic E-state index is 12.7. The first kappa shape index (κ1) is 15.5. The lowest BCUT2D eigenvalue weighted by atomic mass is 9.49. The number of carbonyl (C=O) groups is 1. The maximum Gasteiger partial charge on any atom is 0.139 e. The van der Waals surface area contributed by atoms with E-state index in [0.717, 1.165) is 44.9 Å². The van der Waals surface area contributed by atoms with Crippen molar-refractivity contribution < 1.29 is 9.90 Å². The second-order valence-electron chi connectivity index (χ2n) is 7.78. The molecule has 2 fully saturated rings. The summed E-state index contributed by atoms with van der Waals surface area (Å²) in [5, 5.41) is 10.4. The van der Waals surface area contributed by atoms with Gasteiger partial charge in [0.25, 0.3) is 0 Å². The molecule has 2 nitrogen and oxygen atoms in total. The average Bonchev–Trinajstić information content (AvgIpc) is 2.56. The van der Waals surface area contributed by atoms with Gasteiger partial charge in [0, 0.05) is 11.8 Å². The summed E-state index contributed by atoms with van der Waals surface area (Å²) in [6.45, 7) is 2.21. The molecular formula is C20H25ClO2. The first-order valence-electron chi connectivity index (χ1n) is 9.11. The largest absolute Gasteiger partial charge is 0.506 e. The van der Waals surface area contributed by atoms with E-state index in [2.05, 4.69) is 6.92 Å². The number of benzene rings is 1. The molecule has 2 saturated carbocycles. The number of ketones is 1. The van der Waals surface area contributed by atoms with E-state index < -0.39 is 0 Å². The Labute approximate surface area is 143 Å². The molecule has 4 atom stereocenters. The van der Waals surface area contributed by atoms with E-state index in [1.54, 1.807) is 0 Å². The number of halogens is 1. The maximum absolute atomic E-state index is 12.7. The zero-order valence-corrected chi connectivity index (χ0v) is 14.5. The van der Waals surface area contributed by atoms with Crippen molar-refractivity contribution in [1.82, 2.24) is 0 Å². The Morgan fingerprint density at radius 3 is 2.87 bits per heavy atom. The number of fused-ring (bicyclic) bond motifs is 5. The van der Waals surface area contributed by atoms with Gasteiger partial charge in [-0.2, -0.15) is 0 Å². The molecule has 3 heteroatoms. The molecule has 0 spiro atoms. The van der Waals surface area contributed by atoms with Crippen LogP contribution in [-0.2, 0) is 11.2 Å². The quantitative estimate of drug-likeness (QED) is 0.762. The molecule has 1 N–H and O–H groups in total. The van der Waals surface area contributed by atoms with Crippen molar-refractivity contribution in [2.75, 3.05) is 0 Å². The van der Waals surface area contributed by atoms with Crippen LogP contribution in [0.3, 0.4) is 0 Å². The molecule has 0 unspecified atom stereocenters. The molecule has 0 bridgehead atoms. The SMILES string of the molecule is CC[C@]12CC[C@@H]3c4cc(Cl)c(O)cc4CC[C@H]3[C@@H]1CCCC2=O. The molecule has 0 aliphatic heterocycles. The summed E-state index contributed by atoms with van der Waals surface area (Å²) in [6.07, 6.45) is 8.35. The van der Waals surface area contributed by atoms with Crippen LogP contribution >= 0.6 is 11.6 Å². The van der Waals surface area contributed by atoms with Gasteiger partial charge in [0.15, 0.2) is 0 Å². The Bertz CT molecular complexity index is 653. The van der Waals surface area contributed by atoms with Crippen molar-refractivity contribution in [3.8, 4) is 5.75 Å². The van der Waals surface area contributed by atoms with E-state index in [-0.39, 0.29) is 11.2 Å². The van der Waals surface area contributed by atoms with E-state index in [4.69, 9.17) is 11.6 Å². The van der Waals surface area contributed by atoms with Gasteiger partial charge in [-0.3, -0.25) is 4.79 Å². The number of carbonyl (C=O) groups excluding carboxylic acids is 1. The fraction of sp³-hybridized carbons (Fsp3) is 0.650. The van der Waals surface area contributed by atoms with Gasteiger partial charge in [-0.15, -0.1) is 0 Å². The minimum atomic E-state index is -0.0440. The highest BCUT2D eigenvalue weighted by Gasteiger charge is 2.54. The van der Waals surface area contributed by atoms with Gasteiger partial charge < -0.3 is 5.11 Å². The third-order valence-electron chi connectivity index (χ3n) is 7.11. The van der Waals surface area contributed by atoms with Crippen molar-refractivity contribution in [2.45, 2.75) is 64.2 Å². The fourth-order valence-corrected chi connectivity index (χ4v) is 6.17. The minimum absolute atomic E-state index is 0.0440. The summed E-state index contributed by atoms with van der Waals surface area (Å²) in [5.41, 5.74) is 2.56. The van der Waals surface area contributed by atoms with Crippen LogP contribution < -0.4 is 0 Å². The van der Waals surface area contributed by atoms with E-state index in [1.807, 2.05) is 12.1 Å². The highest BCUT2D eigenvalue weighted by molar-refractivity contribution is 6.32. The Morgan fingerprint density at radius 1 is 1.26 bits per heavy atom. The van der Waals surface area contributed by atoms with Crippen LogP contribution in [-0.4, -0.2) is 10.9 Å². The van der Waals surface area contributed by atoms with Crippen LogP contribution in [0.4, 0.5) is 0 Å². The summed E-state index contributed by atoms with van der Waals surface area (Å²) in [6, 6.07) is 3.86.